The van der Waals surface area contributed by atoms with Gasteiger partial charge in [-0.1, -0.05) is 48.9 Å². The first-order chi connectivity index (χ1) is 9.42. The minimum absolute atomic E-state index is 0.932. The molecule has 0 aliphatic carbocycles. The first kappa shape index (κ1) is 12.2. The molecule has 0 unspecified atom stereocenters. The third-order valence-electron chi connectivity index (χ3n) is 3.51. The van der Waals surface area contributed by atoms with Crippen LogP contribution in [0.5, 0.6) is 5.75 Å². The summed E-state index contributed by atoms with van der Waals surface area (Å²) in [5.41, 5.74) is 2.47. The molecular weight excluding hydrogens is 234 g/mol. The number of hydrogen-bond donors (Lipinski definition) is 0. The molecule has 1 aliphatic heterocycles. The molecule has 2 aromatic rings. The molecule has 0 N–H and O–H groups in total. The van der Waals surface area contributed by atoms with Gasteiger partial charge >= 0.3 is 0 Å². The fourth-order valence-corrected chi connectivity index (χ4v) is 2.44. The Balaban J connectivity index is 1.68. The quantitative estimate of drug-likeness (QED) is 0.815. The summed E-state index contributed by atoms with van der Waals surface area (Å²) in [6.45, 7) is 2.08. The summed E-state index contributed by atoms with van der Waals surface area (Å²) in [5.74, 6) is 0.932. The van der Waals surface area contributed by atoms with E-state index in [0.29, 0.717) is 0 Å². The SMILES string of the molecule is c1ccc(-c2ccc(ON3CCCCC3)cc2)cc1. The van der Waals surface area contributed by atoms with E-state index in [-0.39, 0.29) is 0 Å². The third-order valence-corrected chi connectivity index (χ3v) is 3.51. The second kappa shape index (κ2) is 5.89. The maximum atomic E-state index is 5.88. The van der Waals surface area contributed by atoms with Crippen LogP contribution in [0.25, 0.3) is 11.1 Å². The van der Waals surface area contributed by atoms with E-state index < -0.39 is 0 Å². The molecule has 0 radical (unpaired) electrons. The van der Waals surface area contributed by atoms with Crippen molar-refractivity contribution in [3.63, 3.8) is 0 Å². The van der Waals surface area contributed by atoms with Gasteiger partial charge in [0.1, 0.15) is 5.75 Å². The van der Waals surface area contributed by atoms with Gasteiger partial charge in [-0.05, 0) is 36.1 Å². The zero-order valence-electron chi connectivity index (χ0n) is 11.1. The van der Waals surface area contributed by atoms with Crippen LogP contribution < -0.4 is 4.84 Å². The number of rotatable bonds is 3. The molecule has 0 bridgehead atoms. The summed E-state index contributed by atoms with van der Waals surface area (Å²) in [7, 11) is 0. The lowest BCUT2D eigenvalue weighted by Gasteiger charge is -2.26. The summed E-state index contributed by atoms with van der Waals surface area (Å²) < 4.78 is 0. The largest absolute Gasteiger partial charge is 0.406 e. The normalized spacial score (nSPS) is 16.2. The molecular formula is C17H19NO. The highest BCUT2D eigenvalue weighted by Crippen LogP contribution is 2.23. The van der Waals surface area contributed by atoms with Crippen molar-refractivity contribution >= 4 is 0 Å². The zero-order chi connectivity index (χ0) is 12.9. The predicted molar refractivity (Wildman–Crippen MR) is 77.9 cm³/mol. The van der Waals surface area contributed by atoms with Crippen LogP contribution in [0, 0.1) is 0 Å². The molecule has 1 fully saturated rings. The molecule has 1 heterocycles. The van der Waals surface area contributed by atoms with E-state index in [0.717, 1.165) is 18.8 Å². The van der Waals surface area contributed by atoms with Gasteiger partial charge in [0.2, 0.25) is 0 Å². The average molecular weight is 253 g/mol. The number of hydrogen-bond acceptors (Lipinski definition) is 2. The van der Waals surface area contributed by atoms with E-state index in [1.165, 1.54) is 30.4 Å². The Bertz CT molecular complexity index is 501. The van der Waals surface area contributed by atoms with E-state index in [1.54, 1.807) is 0 Å². The molecule has 98 valence electrons. The van der Waals surface area contributed by atoms with Crippen molar-refractivity contribution in [3.8, 4) is 16.9 Å². The van der Waals surface area contributed by atoms with Crippen LogP contribution in [-0.4, -0.2) is 18.2 Å². The van der Waals surface area contributed by atoms with Gasteiger partial charge in [-0.15, -0.1) is 5.06 Å². The summed E-state index contributed by atoms with van der Waals surface area (Å²) in [5, 5.41) is 2.07. The molecule has 0 atom stereocenters. The second-order valence-electron chi connectivity index (χ2n) is 4.97. The Morgan fingerprint density at radius 2 is 1.32 bits per heavy atom. The summed E-state index contributed by atoms with van der Waals surface area (Å²) in [6, 6.07) is 18.8. The highest BCUT2D eigenvalue weighted by molar-refractivity contribution is 5.63. The summed E-state index contributed by atoms with van der Waals surface area (Å²) >= 11 is 0. The maximum absolute atomic E-state index is 5.88. The molecule has 1 aliphatic rings. The maximum Gasteiger partial charge on any atom is 0.147 e. The summed E-state index contributed by atoms with van der Waals surface area (Å²) in [6.07, 6.45) is 3.80. The first-order valence-electron chi connectivity index (χ1n) is 7.00. The Morgan fingerprint density at radius 1 is 0.684 bits per heavy atom. The Hall–Kier alpha value is -1.80. The van der Waals surface area contributed by atoms with Crippen molar-refractivity contribution in [1.29, 1.82) is 0 Å². The van der Waals surface area contributed by atoms with E-state index in [9.17, 15) is 0 Å². The monoisotopic (exact) mass is 253 g/mol. The Labute approximate surface area is 114 Å². The lowest BCUT2D eigenvalue weighted by Crippen LogP contribution is -2.32. The smallest absolute Gasteiger partial charge is 0.147 e. The van der Waals surface area contributed by atoms with Crippen LogP contribution in [0.2, 0.25) is 0 Å². The van der Waals surface area contributed by atoms with Crippen molar-refractivity contribution in [2.24, 2.45) is 0 Å². The predicted octanol–water partition coefficient (Wildman–Crippen LogP) is 4.13. The van der Waals surface area contributed by atoms with Gasteiger partial charge in [0.15, 0.2) is 0 Å². The van der Waals surface area contributed by atoms with E-state index in [1.807, 2.05) is 6.07 Å². The number of hydroxylamine groups is 2. The van der Waals surface area contributed by atoms with Gasteiger partial charge in [0.25, 0.3) is 0 Å². The minimum atomic E-state index is 0.932. The molecule has 0 spiro atoms. The lowest BCUT2D eigenvalue weighted by atomic mass is 10.1. The van der Waals surface area contributed by atoms with Gasteiger partial charge in [0, 0.05) is 13.1 Å². The number of benzene rings is 2. The third kappa shape index (κ3) is 3.15. The highest BCUT2D eigenvalue weighted by atomic mass is 16.7. The fraction of sp³-hybridized carbons (Fsp3) is 0.294. The van der Waals surface area contributed by atoms with Crippen molar-refractivity contribution in [2.75, 3.05) is 13.1 Å². The minimum Gasteiger partial charge on any atom is -0.406 e. The standard InChI is InChI=1S/C17H19NO/c1-3-7-15(8-4-1)16-9-11-17(12-10-16)19-18-13-5-2-6-14-18/h1,3-4,7-12H,2,5-6,13-14H2. The molecule has 0 saturated carbocycles. The molecule has 3 rings (SSSR count). The molecule has 0 aromatic heterocycles. The average Bonchev–Trinajstić information content (AvgIpc) is 2.50. The number of piperidine rings is 1. The van der Waals surface area contributed by atoms with Crippen LogP contribution in [0.3, 0.4) is 0 Å². The Kier molecular flexibility index (Phi) is 3.80. The van der Waals surface area contributed by atoms with Crippen LogP contribution in [0.15, 0.2) is 54.6 Å². The van der Waals surface area contributed by atoms with Gasteiger partial charge in [-0.3, -0.25) is 0 Å². The summed E-state index contributed by atoms with van der Waals surface area (Å²) in [4.78, 5) is 5.88. The van der Waals surface area contributed by atoms with Gasteiger partial charge in [-0.2, -0.15) is 0 Å². The van der Waals surface area contributed by atoms with E-state index >= 15 is 0 Å². The molecule has 2 aromatic carbocycles. The Morgan fingerprint density at radius 3 is 2.00 bits per heavy atom. The lowest BCUT2D eigenvalue weighted by molar-refractivity contribution is -0.0719. The van der Waals surface area contributed by atoms with Crippen molar-refractivity contribution in [2.45, 2.75) is 19.3 Å². The molecule has 2 nitrogen and oxygen atoms in total. The number of nitrogens with zero attached hydrogens (tertiary/aromatic N) is 1. The van der Waals surface area contributed by atoms with E-state index in [2.05, 4.69) is 53.6 Å². The van der Waals surface area contributed by atoms with Gasteiger partial charge in [-0.25, -0.2) is 0 Å². The molecule has 1 saturated heterocycles. The van der Waals surface area contributed by atoms with Crippen molar-refractivity contribution in [3.05, 3.63) is 54.6 Å². The van der Waals surface area contributed by atoms with Gasteiger partial charge in [0.05, 0.1) is 0 Å². The molecule has 2 heteroatoms. The van der Waals surface area contributed by atoms with Crippen molar-refractivity contribution in [1.82, 2.24) is 5.06 Å². The zero-order valence-corrected chi connectivity index (χ0v) is 11.1. The van der Waals surface area contributed by atoms with Crippen LogP contribution in [0.1, 0.15) is 19.3 Å². The first-order valence-corrected chi connectivity index (χ1v) is 7.00. The topological polar surface area (TPSA) is 12.5 Å². The molecule has 0 amide bonds. The molecule has 19 heavy (non-hydrogen) atoms. The van der Waals surface area contributed by atoms with Crippen LogP contribution in [-0.2, 0) is 0 Å². The van der Waals surface area contributed by atoms with Crippen LogP contribution >= 0.6 is 0 Å². The highest BCUT2D eigenvalue weighted by Gasteiger charge is 2.11. The van der Waals surface area contributed by atoms with Crippen molar-refractivity contribution < 1.29 is 4.84 Å². The van der Waals surface area contributed by atoms with Crippen LogP contribution in [0.4, 0.5) is 0 Å². The fourth-order valence-electron chi connectivity index (χ4n) is 2.44. The van der Waals surface area contributed by atoms with Gasteiger partial charge < -0.3 is 4.84 Å². The second-order valence-corrected chi connectivity index (χ2v) is 4.97. The van der Waals surface area contributed by atoms with E-state index in [4.69, 9.17) is 4.84 Å².